The van der Waals surface area contributed by atoms with Gasteiger partial charge in [0.1, 0.15) is 5.75 Å². The fourth-order valence-corrected chi connectivity index (χ4v) is 2.97. The SMILES string of the molecule is CCN(C(=O)c1ccccc1NC(=O)COc1ccc([N+](=O)[O-])cc1)c1ccccc1. The molecule has 0 heterocycles. The molecule has 0 aliphatic carbocycles. The van der Waals surface area contributed by atoms with E-state index in [9.17, 15) is 19.7 Å². The van der Waals surface area contributed by atoms with Crippen LogP contribution in [0.1, 0.15) is 17.3 Å². The minimum absolute atomic E-state index is 0.0665. The number of hydrogen-bond acceptors (Lipinski definition) is 5. The van der Waals surface area contributed by atoms with Gasteiger partial charge in [-0.3, -0.25) is 19.7 Å². The molecule has 0 aliphatic rings. The number of para-hydroxylation sites is 2. The van der Waals surface area contributed by atoms with Crippen LogP contribution < -0.4 is 15.0 Å². The highest BCUT2D eigenvalue weighted by molar-refractivity contribution is 6.11. The van der Waals surface area contributed by atoms with E-state index in [0.29, 0.717) is 23.5 Å². The molecular formula is C23H21N3O5. The molecule has 0 aliphatic heterocycles. The summed E-state index contributed by atoms with van der Waals surface area (Å²) < 4.78 is 5.38. The second-order valence-electron chi connectivity index (χ2n) is 6.52. The van der Waals surface area contributed by atoms with Gasteiger partial charge < -0.3 is 15.0 Å². The zero-order valence-corrected chi connectivity index (χ0v) is 16.9. The van der Waals surface area contributed by atoms with Crippen LogP contribution in [0.15, 0.2) is 78.9 Å². The molecule has 1 N–H and O–H groups in total. The van der Waals surface area contributed by atoms with Gasteiger partial charge in [-0.05, 0) is 43.3 Å². The molecule has 0 fully saturated rings. The van der Waals surface area contributed by atoms with Crippen LogP contribution >= 0.6 is 0 Å². The molecule has 8 heteroatoms. The van der Waals surface area contributed by atoms with E-state index in [1.165, 1.54) is 24.3 Å². The zero-order valence-electron chi connectivity index (χ0n) is 16.9. The van der Waals surface area contributed by atoms with Gasteiger partial charge >= 0.3 is 0 Å². The largest absolute Gasteiger partial charge is 0.484 e. The molecular weight excluding hydrogens is 398 g/mol. The first-order chi connectivity index (χ1) is 15.0. The van der Waals surface area contributed by atoms with Crippen molar-refractivity contribution in [2.75, 3.05) is 23.4 Å². The molecule has 3 aromatic rings. The number of nitro groups is 1. The summed E-state index contributed by atoms with van der Waals surface area (Å²) in [5.41, 5.74) is 1.43. The Hall–Kier alpha value is -4.20. The topological polar surface area (TPSA) is 102 Å². The summed E-state index contributed by atoms with van der Waals surface area (Å²) in [5, 5.41) is 13.4. The smallest absolute Gasteiger partial charge is 0.269 e. The summed E-state index contributed by atoms with van der Waals surface area (Å²) in [6.07, 6.45) is 0. The van der Waals surface area contributed by atoms with E-state index in [1.54, 1.807) is 29.2 Å². The molecule has 0 unspecified atom stereocenters. The summed E-state index contributed by atoms with van der Waals surface area (Å²) in [6, 6.07) is 21.5. The second-order valence-corrected chi connectivity index (χ2v) is 6.52. The molecule has 0 bridgehead atoms. The van der Waals surface area contributed by atoms with Gasteiger partial charge in [0.25, 0.3) is 17.5 Å². The van der Waals surface area contributed by atoms with Crippen LogP contribution in [0.25, 0.3) is 0 Å². The number of non-ortho nitro benzene ring substituents is 1. The van der Waals surface area contributed by atoms with E-state index in [-0.39, 0.29) is 18.2 Å². The number of carbonyl (C=O) groups excluding carboxylic acids is 2. The van der Waals surface area contributed by atoms with Crippen molar-refractivity contribution < 1.29 is 19.2 Å². The molecule has 0 radical (unpaired) electrons. The highest BCUT2D eigenvalue weighted by Crippen LogP contribution is 2.22. The van der Waals surface area contributed by atoms with Crippen LogP contribution in [0.4, 0.5) is 17.1 Å². The Morgan fingerprint density at radius 1 is 0.968 bits per heavy atom. The third-order valence-corrected chi connectivity index (χ3v) is 4.48. The molecule has 3 aromatic carbocycles. The number of carbonyl (C=O) groups is 2. The van der Waals surface area contributed by atoms with Crippen molar-refractivity contribution in [3.63, 3.8) is 0 Å². The quantitative estimate of drug-likeness (QED) is 0.434. The molecule has 8 nitrogen and oxygen atoms in total. The van der Waals surface area contributed by atoms with Gasteiger partial charge in [-0.1, -0.05) is 30.3 Å². The summed E-state index contributed by atoms with van der Waals surface area (Å²) in [7, 11) is 0. The van der Waals surface area contributed by atoms with Crippen molar-refractivity contribution in [3.8, 4) is 5.75 Å². The average Bonchev–Trinajstić information content (AvgIpc) is 2.79. The maximum Gasteiger partial charge on any atom is 0.269 e. The van der Waals surface area contributed by atoms with Crippen LogP contribution in [-0.4, -0.2) is 29.9 Å². The van der Waals surface area contributed by atoms with Crippen molar-refractivity contribution >= 4 is 28.9 Å². The van der Waals surface area contributed by atoms with E-state index in [1.807, 2.05) is 37.3 Å². The normalized spacial score (nSPS) is 10.2. The van der Waals surface area contributed by atoms with Crippen molar-refractivity contribution in [3.05, 3.63) is 94.5 Å². The summed E-state index contributed by atoms with van der Waals surface area (Å²) >= 11 is 0. The molecule has 31 heavy (non-hydrogen) atoms. The number of benzene rings is 3. The first kappa shape index (κ1) is 21.5. The third kappa shape index (κ3) is 5.45. The molecule has 0 aromatic heterocycles. The first-order valence-corrected chi connectivity index (χ1v) is 9.62. The fraction of sp³-hybridized carbons (Fsp3) is 0.130. The van der Waals surface area contributed by atoms with E-state index in [4.69, 9.17) is 4.74 Å². The zero-order chi connectivity index (χ0) is 22.2. The highest BCUT2D eigenvalue weighted by Gasteiger charge is 2.20. The molecule has 0 saturated carbocycles. The number of nitrogens with zero attached hydrogens (tertiary/aromatic N) is 2. The molecule has 2 amide bonds. The van der Waals surface area contributed by atoms with E-state index in [0.717, 1.165) is 5.69 Å². The monoisotopic (exact) mass is 419 g/mol. The lowest BCUT2D eigenvalue weighted by atomic mass is 10.1. The first-order valence-electron chi connectivity index (χ1n) is 9.62. The Balaban J connectivity index is 1.69. The second kappa shape index (κ2) is 10.0. The van der Waals surface area contributed by atoms with Gasteiger partial charge in [0.05, 0.1) is 16.2 Å². The van der Waals surface area contributed by atoms with Crippen molar-refractivity contribution in [1.82, 2.24) is 0 Å². The third-order valence-electron chi connectivity index (χ3n) is 4.48. The predicted octanol–water partition coefficient (Wildman–Crippen LogP) is 4.28. The van der Waals surface area contributed by atoms with Gasteiger partial charge in [0.2, 0.25) is 0 Å². The summed E-state index contributed by atoms with van der Waals surface area (Å²) in [6.45, 7) is 2.04. The number of nitro benzene ring substituents is 1. The van der Waals surface area contributed by atoms with Crippen molar-refractivity contribution in [1.29, 1.82) is 0 Å². The average molecular weight is 419 g/mol. The lowest BCUT2D eigenvalue weighted by Crippen LogP contribution is -2.32. The van der Waals surface area contributed by atoms with Gasteiger partial charge in [0, 0.05) is 24.4 Å². The standard InChI is InChI=1S/C23H21N3O5/c1-2-25(17-8-4-3-5-9-17)23(28)20-10-6-7-11-21(20)24-22(27)16-31-19-14-12-18(13-15-19)26(29)30/h3-15H,2,16H2,1H3,(H,24,27). The summed E-state index contributed by atoms with van der Waals surface area (Å²) in [5.74, 6) is -0.367. The minimum Gasteiger partial charge on any atom is -0.484 e. The Morgan fingerprint density at radius 3 is 2.26 bits per heavy atom. The van der Waals surface area contributed by atoms with Crippen LogP contribution in [0.3, 0.4) is 0 Å². The molecule has 0 atom stereocenters. The van der Waals surface area contributed by atoms with E-state index >= 15 is 0 Å². The molecule has 3 rings (SSSR count). The van der Waals surface area contributed by atoms with Crippen molar-refractivity contribution in [2.24, 2.45) is 0 Å². The van der Waals surface area contributed by atoms with Crippen molar-refractivity contribution in [2.45, 2.75) is 6.92 Å². The lowest BCUT2D eigenvalue weighted by molar-refractivity contribution is -0.384. The maximum atomic E-state index is 13.1. The van der Waals surface area contributed by atoms with Crippen LogP contribution in [0.2, 0.25) is 0 Å². The van der Waals surface area contributed by atoms with E-state index < -0.39 is 10.8 Å². The Labute approximate surface area is 179 Å². The number of ether oxygens (including phenoxy) is 1. The number of nitrogens with one attached hydrogen (secondary N) is 1. The minimum atomic E-state index is -0.514. The maximum absolute atomic E-state index is 13.1. The van der Waals surface area contributed by atoms with Crippen LogP contribution in [0.5, 0.6) is 5.75 Å². The van der Waals surface area contributed by atoms with Gasteiger partial charge in [-0.25, -0.2) is 0 Å². The van der Waals surface area contributed by atoms with Gasteiger partial charge in [0.15, 0.2) is 6.61 Å². The number of anilines is 2. The molecule has 0 spiro atoms. The van der Waals surface area contributed by atoms with Gasteiger partial charge in [-0.2, -0.15) is 0 Å². The Morgan fingerprint density at radius 2 is 1.61 bits per heavy atom. The van der Waals surface area contributed by atoms with E-state index in [2.05, 4.69) is 5.32 Å². The Kier molecular flexibility index (Phi) is 6.95. The lowest BCUT2D eigenvalue weighted by Gasteiger charge is -2.22. The fourth-order valence-electron chi connectivity index (χ4n) is 2.97. The van der Waals surface area contributed by atoms with Crippen LogP contribution in [0, 0.1) is 10.1 Å². The van der Waals surface area contributed by atoms with Gasteiger partial charge in [-0.15, -0.1) is 0 Å². The molecule has 0 saturated heterocycles. The van der Waals surface area contributed by atoms with Crippen LogP contribution in [-0.2, 0) is 4.79 Å². The number of amides is 2. The Bertz CT molecular complexity index is 1070. The molecule has 158 valence electrons. The predicted molar refractivity (Wildman–Crippen MR) is 117 cm³/mol. The number of hydrogen-bond donors (Lipinski definition) is 1. The highest BCUT2D eigenvalue weighted by atomic mass is 16.6. The number of rotatable bonds is 8. The summed E-state index contributed by atoms with van der Waals surface area (Å²) in [4.78, 5) is 37.3.